The average Bonchev–Trinajstić information content (AvgIpc) is 3.04. The second-order valence-corrected chi connectivity index (χ2v) is 5.95. The zero-order valence-corrected chi connectivity index (χ0v) is 14.1. The van der Waals surface area contributed by atoms with Crippen LogP contribution in [0.15, 0.2) is 24.3 Å². The Morgan fingerprint density at radius 1 is 1.26 bits per heavy atom. The van der Waals surface area contributed by atoms with Crippen LogP contribution in [0.1, 0.15) is 38.7 Å². The lowest BCUT2D eigenvalue weighted by atomic mass is 10.1. The van der Waals surface area contributed by atoms with Crippen molar-refractivity contribution in [2.45, 2.75) is 45.6 Å². The first-order valence-electron chi connectivity index (χ1n) is 8.50. The summed E-state index contributed by atoms with van der Waals surface area (Å²) in [5.41, 5.74) is 7.64. The number of rotatable bonds is 6. The summed E-state index contributed by atoms with van der Waals surface area (Å²) in [5, 5.41) is 0. The number of carbonyl (C=O) groups excluding carboxylic acids is 2. The molecule has 0 aromatic heterocycles. The maximum atomic E-state index is 12.6. The number of hydrogen-bond acceptors (Lipinski definition) is 3. The predicted octanol–water partition coefficient (Wildman–Crippen LogP) is 2.06. The van der Waals surface area contributed by atoms with E-state index < -0.39 is 0 Å². The lowest BCUT2D eigenvalue weighted by molar-refractivity contribution is -0.143. The van der Waals surface area contributed by atoms with Crippen LogP contribution in [0, 0.1) is 0 Å². The summed E-state index contributed by atoms with van der Waals surface area (Å²) in [7, 11) is 0. The Morgan fingerprint density at radius 2 is 1.96 bits per heavy atom. The molecule has 1 aliphatic heterocycles. The highest BCUT2D eigenvalue weighted by Crippen LogP contribution is 2.22. The number of anilines is 1. The standard InChI is InChI=1S/C18H27N3O2/c1-3-20(4-2)18(23)16-10-7-13-21(16)17(22)12-11-14-8-5-6-9-15(14)19/h5-6,8-9,16H,3-4,7,10-13,19H2,1-2H3. The first-order chi connectivity index (χ1) is 11.1. The average molecular weight is 317 g/mol. The number of amides is 2. The highest BCUT2D eigenvalue weighted by Gasteiger charge is 2.35. The number of hydrogen-bond donors (Lipinski definition) is 1. The molecule has 0 bridgehead atoms. The molecule has 0 radical (unpaired) electrons. The Labute approximate surface area is 138 Å². The lowest BCUT2D eigenvalue weighted by Gasteiger charge is -2.29. The van der Waals surface area contributed by atoms with Crippen molar-refractivity contribution in [2.24, 2.45) is 0 Å². The van der Waals surface area contributed by atoms with Crippen LogP contribution in [0.5, 0.6) is 0 Å². The quantitative estimate of drug-likeness (QED) is 0.817. The normalized spacial score (nSPS) is 17.3. The van der Waals surface area contributed by atoms with Crippen molar-refractivity contribution < 1.29 is 9.59 Å². The molecule has 5 nitrogen and oxygen atoms in total. The number of para-hydroxylation sites is 1. The maximum absolute atomic E-state index is 12.6. The summed E-state index contributed by atoms with van der Waals surface area (Å²) >= 11 is 0. The number of nitrogens with zero attached hydrogens (tertiary/aromatic N) is 2. The van der Waals surface area contributed by atoms with Gasteiger partial charge in [-0.25, -0.2) is 0 Å². The Bertz CT molecular complexity index is 555. The van der Waals surface area contributed by atoms with Gasteiger partial charge >= 0.3 is 0 Å². The molecule has 0 spiro atoms. The Hall–Kier alpha value is -2.04. The smallest absolute Gasteiger partial charge is 0.245 e. The van der Waals surface area contributed by atoms with Crippen molar-refractivity contribution in [1.82, 2.24) is 9.80 Å². The van der Waals surface area contributed by atoms with E-state index in [1.807, 2.05) is 43.0 Å². The van der Waals surface area contributed by atoms with Crippen molar-refractivity contribution in [2.75, 3.05) is 25.4 Å². The van der Waals surface area contributed by atoms with Crippen LogP contribution < -0.4 is 5.73 Å². The molecule has 1 saturated heterocycles. The van der Waals surface area contributed by atoms with E-state index in [4.69, 9.17) is 5.73 Å². The Balaban J connectivity index is 1.98. The van der Waals surface area contributed by atoms with E-state index in [0.717, 1.165) is 24.1 Å². The van der Waals surface area contributed by atoms with Crippen molar-refractivity contribution in [3.63, 3.8) is 0 Å². The molecule has 126 valence electrons. The first-order valence-corrected chi connectivity index (χ1v) is 8.50. The van der Waals surface area contributed by atoms with Gasteiger partial charge in [0.25, 0.3) is 0 Å². The monoisotopic (exact) mass is 317 g/mol. The Morgan fingerprint density at radius 3 is 2.61 bits per heavy atom. The summed E-state index contributed by atoms with van der Waals surface area (Å²) in [6.45, 7) is 6.00. The molecule has 1 fully saturated rings. The second kappa shape index (κ2) is 7.99. The van der Waals surface area contributed by atoms with E-state index in [0.29, 0.717) is 32.5 Å². The molecule has 1 aromatic carbocycles. The van der Waals surface area contributed by atoms with Crippen LogP contribution in [0.3, 0.4) is 0 Å². The molecule has 23 heavy (non-hydrogen) atoms. The van der Waals surface area contributed by atoms with Gasteiger partial charge in [0.05, 0.1) is 0 Å². The molecule has 0 saturated carbocycles. The van der Waals surface area contributed by atoms with E-state index in [2.05, 4.69) is 0 Å². The molecule has 1 heterocycles. The van der Waals surface area contributed by atoms with Crippen LogP contribution in [0.25, 0.3) is 0 Å². The first kappa shape index (κ1) is 17.3. The van der Waals surface area contributed by atoms with E-state index in [1.54, 1.807) is 4.90 Å². The van der Waals surface area contributed by atoms with Gasteiger partial charge in [-0.1, -0.05) is 18.2 Å². The largest absolute Gasteiger partial charge is 0.399 e. The van der Waals surface area contributed by atoms with Crippen molar-refractivity contribution in [1.29, 1.82) is 0 Å². The lowest BCUT2D eigenvalue weighted by Crippen LogP contribution is -2.47. The van der Waals surface area contributed by atoms with Crippen molar-refractivity contribution >= 4 is 17.5 Å². The number of aryl methyl sites for hydroxylation is 1. The highest BCUT2D eigenvalue weighted by molar-refractivity contribution is 5.88. The predicted molar refractivity (Wildman–Crippen MR) is 91.8 cm³/mol. The topological polar surface area (TPSA) is 66.6 Å². The third-order valence-corrected chi connectivity index (χ3v) is 4.60. The number of likely N-dealkylation sites (N-methyl/N-ethyl adjacent to an activating group) is 1. The molecular formula is C18H27N3O2. The summed E-state index contributed by atoms with van der Waals surface area (Å²) in [6, 6.07) is 7.34. The zero-order valence-electron chi connectivity index (χ0n) is 14.1. The van der Waals surface area contributed by atoms with Gasteiger partial charge in [-0.2, -0.15) is 0 Å². The van der Waals surface area contributed by atoms with Gasteiger partial charge in [0.15, 0.2) is 0 Å². The van der Waals surface area contributed by atoms with Gasteiger partial charge in [0.1, 0.15) is 6.04 Å². The van der Waals surface area contributed by atoms with Crippen LogP contribution in [-0.2, 0) is 16.0 Å². The third kappa shape index (κ3) is 4.03. The SMILES string of the molecule is CCN(CC)C(=O)C1CCCN1C(=O)CCc1ccccc1N. The molecule has 2 N–H and O–H groups in total. The molecule has 5 heteroatoms. The molecule has 1 atom stereocenters. The minimum absolute atomic E-state index is 0.0521. The summed E-state index contributed by atoms with van der Waals surface area (Å²) in [5.74, 6) is 0.135. The number of likely N-dealkylation sites (tertiary alicyclic amines) is 1. The number of nitrogen functional groups attached to an aromatic ring is 1. The molecule has 2 rings (SSSR count). The van der Waals surface area contributed by atoms with Gasteiger partial charge in [0.2, 0.25) is 11.8 Å². The van der Waals surface area contributed by atoms with Crippen LogP contribution in [-0.4, -0.2) is 47.3 Å². The minimum atomic E-state index is -0.282. The molecule has 1 aliphatic rings. The van der Waals surface area contributed by atoms with E-state index in [1.165, 1.54) is 0 Å². The van der Waals surface area contributed by atoms with Gasteiger partial charge in [0, 0.05) is 31.7 Å². The van der Waals surface area contributed by atoms with E-state index in [-0.39, 0.29) is 17.9 Å². The van der Waals surface area contributed by atoms with Crippen LogP contribution in [0.2, 0.25) is 0 Å². The van der Waals surface area contributed by atoms with Crippen LogP contribution >= 0.6 is 0 Å². The molecule has 2 amide bonds. The minimum Gasteiger partial charge on any atom is -0.399 e. The fraction of sp³-hybridized carbons (Fsp3) is 0.556. The number of benzene rings is 1. The fourth-order valence-corrected chi connectivity index (χ4v) is 3.22. The molecule has 1 unspecified atom stereocenters. The second-order valence-electron chi connectivity index (χ2n) is 5.95. The molecular weight excluding hydrogens is 290 g/mol. The highest BCUT2D eigenvalue weighted by atomic mass is 16.2. The van der Waals surface area contributed by atoms with Crippen molar-refractivity contribution in [3.05, 3.63) is 29.8 Å². The molecule has 1 aromatic rings. The number of carbonyl (C=O) groups is 2. The summed E-state index contributed by atoms with van der Waals surface area (Å²) in [4.78, 5) is 28.7. The molecule has 0 aliphatic carbocycles. The Kier molecular flexibility index (Phi) is 6.02. The third-order valence-electron chi connectivity index (χ3n) is 4.60. The van der Waals surface area contributed by atoms with Gasteiger partial charge in [-0.05, 0) is 44.7 Å². The summed E-state index contributed by atoms with van der Waals surface area (Å²) < 4.78 is 0. The summed E-state index contributed by atoms with van der Waals surface area (Å²) in [6.07, 6.45) is 2.69. The van der Waals surface area contributed by atoms with Gasteiger partial charge in [-0.3, -0.25) is 9.59 Å². The van der Waals surface area contributed by atoms with Gasteiger partial charge < -0.3 is 15.5 Å². The number of nitrogens with two attached hydrogens (primary N) is 1. The van der Waals surface area contributed by atoms with Gasteiger partial charge in [-0.15, -0.1) is 0 Å². The fourth-order valence-electron chi connectivity index (χ4n) is 3.22. The maximum Gasteiger partial charge on any atom is 0.245 e. The zero-order chi connectivity index (χ0) is 16.8. The van der Waals surface area contributed by atoms with Crippen molar-refractivity contribution in [3.8, 4) is 0 Å². The van der Waals surface area contributed by atoms with E-state index in [9.17, 15) is 9.59 Å². The van der Waals surface area contributed by atoms with Crippen LogP contribution in [0.4, 0.5) is 5.69 Å². The van der Waals surface area contributed by atoms with E-state index >= 15 is 0 Å².